The summed E-state index contributed by atoms with van der Waals surface area (Å²) in [5.41, 5.74) is 0.242. The topological polar surface area (TPSA) is 46.9 Å². The van der Waals surface area contributed by atoms with E-state index in [1.807, 2.05) is 13.8 Å². The van der Waals surface area contributed by atoms with Gasteiger partial charge in [0.05, 0.1) is 11.4 Å². The minimum Gasteiger partial charge on any atom is -0.354 e. The number of nitrogens with one attached hydrogen (secondary N) is 1. The zero-order valence-electron chi connectivity index (χ0n) is 11.8. The van der Waals surface area contributed by atoms with Gasteiger partial charge in [-0.3, -0.25) is 4.79 Å². The molecule has 0 unspecified atom stereocenters. The first kappa shape index (κ1) is 15.7. The second-order valence-electron chi connectivity index (χ2n) is 5.17. The summed E-state index contributed by atoms with van der Waals surface area (Å²) in [5, 5.41) is 2.72. The summed E-state index contributed by atoms with van der Waals surface area (Å²) < 4.78 is 28.7. The van der Waals surface area contributed by atoms with Gasteiger partial charge in [-0.25, -0.2) is 13.8 Å². The van der Waals surface area contributed by atoms with Gasteiger partial charge in [-0.15, -0.1) is 11.6 Å². The minimum atomic E-state index is -1.02. The maximum absolute atomic E-state index is 14.0. The number of hydrogen-bond donors (Lipinski definition) is 1. The van der Waals surface area contributed by atoms with Crippen LogP contribution in [0, 0.1) is 17.6 Å². The summed E-state index contributed by atoms with van der Waals surface area (Å²) in [6.07, 6.45) is 0. The van der Waals surface area contributed by atoms with Gasteiger partial charge in [0.25, 0.3) is 0 Å². The lowest BCUT2D eigenvalue weighted by molar-refractivity contribution is -0.121. The lowest BCUT2D eigenvalue weighted by atomic mass is 10.2. The average molecular weight is 316 g/mol. The number of carbonyl (C=O) groups excluding carboxylic acids is 1. The highest BCUT2D eigenvalue weighted by molar-refractivity contribution is 6.16. The number of alkyl halides is 1. The van der Waals surface area contributed by atoms with Crippen molar-refractivity contribution in [3.63, 3.8) is 0 Å². The molecule has 1 amide bonds. The Morgan fingerprint density at radius 3 is 2.76 bits per heavy atom. The number of amides is 1. The van der Waals surface area contributed by atoms with Crippen LogP contribution in [0.2, 0.25) is 0 Å². The van der Waals surface area contributed by atoms with E-state index in [-0.39, 0.29) is 29.4 Å². The van der Waals surface area contributed by atoms with Crippen LogP contribution in [-0.4, -0.2) is 22.0 Å². The fraction of sp³-hybridized carbons (Fsp3) is 0.429. The quantitative estimate of drug-likeness (QED) is 0.862. The highest BCUT2D eigenvalue weighted by Crippen LogP contribution is 2.22. The number of nitrogens with zero attached hydrogens (tertiary/aromatic N) is 2. The summed E-state index contributed by atoms with van der Waals surface area (Å²) in [6, 6.07) is 2.37. The summed E-state index contributed by atoms with van der Waals surface area (Å²) in [4.78, 5) is 16.0. The van der Waals surface area contributed by atoms with E-state index in [4.69, 9.17) is 11.6 Å². The Bertz CT molecular complexity index is 670. The molecule has 0 atom stereocenters. The number of benzene rings is 1. The van der Waals surface area contributed by atoms with Gasteiger partial charge in [0.1, 0.15) is 17.9 Å². The molecule has 7 heteroatoms. The van der Waals surface area contributed by atoms with Crippen LogP contribution in [0.3, 0.4) is 0 Å². The SMILES string of the molecule is CC(C)CNC(=O)Cn1c(CCl)nc2ccc(F)c(F)c21. The van der Waals surface area contributed by atoms with Gasteiger partial charge in [-0.1, -0.05) is 13.8 Å². The van der Waals surface area contributed by atoms with Crippen molar-refractivity contribution in [1.29, 1.82) is 0 Å². The number of carbonyl (C=O) groups is 1. The van der Waals surface area contributed by atoms with Gasteiger partial charge in [-0.05, 0) is 18.1 Å². The molecule has 114 valence electrons. The standard InChI is InChI=1S/C14H16ClF2N3O/c1-8(2)6-18-12(21)7-20-11(5-15)19-10-4-3-9(16)13(17)14(10)20/h3-4,8H,5-7H2,1-2H3,(H,18,21). The number of halogens is 3. The lowest BCUT2D eigenvalue weighted by Gasteiger charge is -2.10. The second-order valence-corrected chi connectivity index (χ2v) is 5.44. The predicted molar refractivity (Wildman–Crippen MR) is 77.1 cm³/mol. The fourth-order valence-electron chi connectivity index (χ4n) is 1.99. The molecule has 1 N–H and O–H groups in total. The Labute approximate surface area is 126 Å². The van der Waals surface area contributed by atoms with Gasteiger partial charge in [0, 0.05) is 6.54 Å². The van der Waals surface area contributed by atoms with Crippen LogP contribution in [0.1, 0.15) is 19.7 Å². The third kappa shape index (κ3) is 3.32. The van der Waals surface area contributed by atoms with Gasteiger partial charge in [-0.2, -0.15) is 0 Å². The number of imidazole rings is 1. The van der Waals surface area contributed by atoms with Crippen molar-refractivity contribution in [2.24, 2.45) is 5.92 Å². The molecule has 0 radical (unpaired) electrons. The highest BCUT2D eigenvalue weighted by atomic mass is 35.5. The molecule has 0 aliphatic rings. The van der Waals surface area contributed by atoms with E-state index >= 15 is 0 Å². The molecule has 1 heterocycles. The van der Waals surface area contributed by atoms with Gasteiger partial charge in [0.15, 0.2) is 11.6 Å². The monoisotopic (exact) mass is 315 g/mol. The van der Waals surface area contributed by atoms with Crippen molar-refractivity contribution in [3.8, 4) is 0 Å². The van der Waals surface area contributed by atoms with Crippen molar-refractivity contribution in [1.82, 2.24) is 14.9 Å². The number of rotatable bonds is 5. The largest absolute Gasteiger partial charge is 0.354 e. The Kier molecular flexibility index (Phi) is 4.77. The van der Waals surface area contributed by atoms with E-state index in [2.05, 4.69) is 10.3 Å². The molecule has 0 fully saturated rings. The van der Waals surface area contributed by atoms with E-state index in [0.29, 0.717) is 18.3 Å². The third-order valence-corrected chi connectivity index (χ3v) is 3.25. The van der Waals surface area contributed by atoms with Crippen LogP contribution in [0.15, 0.2) is 12.1 Å². The Balaban J connectivity index is 2.37. The molecule has 0 spiro atoms. The second kappa shape index (κ2) is 6.39. The van der Waals surface area contributed by atoms with Crippen molar-refractivity contribution in [2.45, 2.75) is 26.3 Å². The van der Waals surface area contributed by atoms with E-state index in [1.165, 1.54) is 10.6 Å². The summed E-state index contributed by atoms with van der Waals surface area (Å²) >= 11 is 5.78. The summed E-state index contributed by atoms with van der Waals surface area (Å²) in [5.74, 6) is -1.66. The van der Waals surface area contributed by atoms with Crippen LogP contribution in [-0.2, 0) is 17.2 Å². The maximum atomic E-state index is 14.0. The van der Waals surface area contributed by atoms with Crippen LogP contribution in [0.5, 0.6) is 0 Å². The van der Waals surface area contributed by atoms with Gasteiger partial charge in [0.2, 0.25) is 5.91 Å². The molecule has 2 rings (SSSR count). The first-order chi connectivity index (χ1) is 9.93. The maximum Gasteiger partial charge on any atom is 0.240 e. The first-order valence-electron chi connectivity index (χ1n) is 6.59. The lowest BCUT2D eigenvalue weighted by Crippen LogP contribution is -2.31. The highest BCUT2D eigenvalue weighted by Gasteiger charge is 2.18. The van der Waals surface area contributed by atoms with E-state index in [9.17, 15) is 13.6 Å². The van der Waals surface area contributed by atoms with Crippen molar-refractivity contribution >= 4 is 28.5 Å². The van der Waals surface area contributed by atoms with E-state index in [0.717, 1.165) is 6.07 Å². The smallest absolute Gasteiger partial charge is 0.240 e. The molecule has 0 aliphatic carbocycles. The molecule has 1 aromatic carbocycles. The van der Waals surface area contributed by atoms with Gasteiger partial charge >= 0.3 is 0 Å². The van der Waals surface area contributed by atoms with Gasteiger partial charge < -0.3 is 9.88 Å². The summed E-state index contributed by atoms with van der Waals surface area (Å²) in [6.45, 7) is 4.29. The molecule has 21 heavy (non-hydrogen) atoms. The van der Waals surface area contributed by atoms with E-state index in [1.54, 1.807) is 0 Å². The molecule has 0 saturated carbocycles. The van der Waals surface area contributed by atoms with Crippen LogP contribution in [0.4, 0.5) is 8.78 Å². The zero-order valence-corrected chi connectivity index (χ0v) is 12.5. The molecule has 0 bridgehead atoms. The molecule has 1 aromatic heterocycles. The van der Waals surface area contributed by atoms with Crippen molar-refractivity contribution in [2.75, 3.05) is 6.54 Å². The average Bonchev–Trinajstić information content (AvgIpc) is 2.79. The molecule has 0 aliphatic heterocycles. The number of hydrogen-bond acceptors (Lipinski definition) is 2. The Hall–Kier alpha value is -1.69. The van der Waals surface area contributed by atoms with Crippen LogP contribution < -0.4 is 5.32 Å². The predicted octanol–water partition coefficient (Wildman–Crippen LogP) is 2.83. The number of fused-ring (bicyclic) bond motifs is 1. The number of aromatic nitrogens is 2. The molecule has 4 nitrogen and oxygen atoms in total. The fourth-order valence-corrected chi connectivity index (χ4v) is 2.20. The first-order valence-corrected chi connectivity index (χ1v) is 7.13. The minimum absolute atomic E-state index is 0.00714. The molecule has 0 saturated heterocycles. The van der Waals surface area contributed by atoms with Crippen molar-refractivity contribution in [3.05, 3.63) is 29.6 Å². The Morgan fingerprint density at radius 1 is 1.43 bits per heavy atom. The van der Waals surface area contributed by atoms with E-state index < -0.39 is 11.6 Å². The summed E-state index contributed by atoms with van der Waals surface area (Å²) in [7, 11) is 0. The Morgan fingerprint density at radius 2 is 2.14 bits per heavy atom. The zero-order chi connectivity index (χ0) is 15.6. The molecular formula is C14H16ClF2N3O. The normalized spacial score (nSPS) is 11.3. The third-order valence-electron chi connectivity index (χ3n) is 3.01. The van der Waals surface area contributed by atoms with Crippen LogP contribution in [0.25, 0.3) is 11.0 Å². The molecule has 2 aromatic rings. The van der Waals surface area contributed by atoms with Crippen molar-refractivity contribution < 1.29 is 13.6 Å². The molecular weight excluding hydrogens is 300 g/mol. The van der Waals surface area contributed by atoms with Crippen LogP contribution >= 0.6 is 11.6 Å².